The van der Waals surface area contributed by atoms with Crippen LogP contribution in [0.3, 0.4) is 0 Å². The number of nitrogens with zero attached hydrogens (tertiary/aromatic N) is 3. The number of hydrogen-bond donors (Lipinski definition) is 2. The number of fused-ring (bicyclic) bond motifs is 1. The third-order valence-electron chi connectivity index (χ3n) is 5.56. The van der Waals surface area contributed by atoms with Crippen LogP contribution in [-0.2, 0) is 4.74 Å². The summed E-state index contributed by atoms with van der Waals surface area (Å²) < 4.78 is 21.7. The van der Waals surface area contributed by atoms with E-state index in [-0.39, 0.29) is 5.76 Å². The summed E-state index contributed by atoms with van der Waals surface area (Å²) >= 11 is 0. The lowest BCUT2D eigenvalue weighted by molar-refractivity contribution is 0.285. The van der Waals surface area contributed by atoms with Gasteiger partial charge < -0.3 is 15.0 Å². The molecular weight excluding hydrogens is 381 g/mol. The van der Waals surface area contributed by atoms with Crippen molar-refractivity contribution in [1.29, 1.82) is 0 Å². The Balaban J connectivity index is 1.76. The fourth-order valence-electron chi connectivity index (χ4n) is 3.93. The summed E-state index contributed by atoms with van der Waals surface area (Å²) in [6.45, 7) is 7.52. The van der Waals surface area contributed by atoms with Gasteiger partial charge in [-0.25, -0.2) is 9.37 Å². The highest BCUT2D eigenvalue weighted by Crippen LogP contribution is 2.33. The van der Waals surface area contributed by atoms with Crippen LogP contribution < -0.4 is 5.32 Å². The van der Waals surface area contributed by atoms with Crippen LogP contribution in [0.5, 0.6) is 0 Å². The number of methoxy groups -OCH3 is 1. The Morgan fingerprint density at radius 3 is 2.80 bits per heavy atom. The molecule has 1 aliphatic rings. The van der Waals surface area contributed by atoms with E-state index in [9.17, 15) is 4.39 Å². The second kappa shape index (κ2) is 8.67. The summed E-state index contributed by atoms with van der Waals surface area (Å²) in [5.74, 6) is -0.286. The molecule has 156 valence electrons. The second-order valence-corrected chi connectivity index (χ2v) is 7.30. The quantitative estimate of drug-likeness (QED) is 0.456. The molecule has 0 amide bonds. The van der Waals surface area contributed by atoms with E-state index in [1.54, 1.807) is 19.2 Å². The third kappa shape index (κ3) is 3.68. The monoisotopic (exact) mass is 407 g/mol. The highest BCUT2D eigenvalue weighted by Gasteiger charge is 2.18. The minimum absolute atomic E-state index is 0.150. The molecule has 4 heterocycles. The van der Waals surface area contributed by atoms with Gasteiger partial charge >= 0.3 is 0 Å². The van der Waals surface area contributed by atoms with Crippen molar-refractivity contribution in [2.45, 2.75) is 25.8 Å². The number of allylic oxidation sites excluding steroid dienone is 4. The van der Waals surface area contributed by atoms with E-state index in [1.165, 1.54) is 13.2 Å². The van der Waals surface area contributed by atoms with Crippen LogP contribution in [0.2, 0.25) is 0 Å². The normalized spacial score (nSPS) is 16.6. The summed E-state index contributed by atoms with van der Waals surface area (Å²) in [7, 11) is 1.45. The van der Waals surface area contributed by atoms with Crippen LogP contribution in [0, 0.1) is 0 Å². The van der Waals surface area contributed by atoms with Gasteiger partial charge in [0, 0.05) is 46.2 Å². The van der Waals surface area contributed by atoms with E-state index < -0.39 is 5.83 Å². The molecule has 2 N–H and O–H groups in total. The van der Waals surface area contributed by atoms with Crippen molar-refractivity contribution in [3.05, 3.63) is 66.7 Å². The summed E-state index contributed by atoms with van der Waals surface area (Å²) in [5.41, 5.74) is 4.04. The number of aromatic amines is 1. The van der Waals surface area contributed by atoms with Crippen LogP contribution in [0.4, 0.5) is 4.39 Å². The average molecular weight is 407 g/mol. The summed E-state index contributed by atoms with van der Waals surface area (Å²) in [6, 6.07) is 2.46. The fourth-order valence-corrected chi connectivity index (χ4v) is 3.93. The molecule has 0 aliphatic carbocycles. The molecule has 1 aliphatic heterocycles. The highest BCUT2D eigenvalue weighted by atomic mass is 19.1. The van der Waals surface area contributed by atoms with Gasteiger partial charge in [0.25, 0.3) is 0 Å². The molecule has 0 unspecified atom stereocenters. The predicted octanol–water partition coefficient (Wildman–Crippen LogP) is 4.77. The van der Waals surface area contributed by atoms with Crippen molar-refractivity contribution in [2.24, 2.45) is 0 Å². The van der Waals surface area contributed by atoms with Gasteiger partial charge in [-0.3, -0.25) is 4.68 Å². The third-order valence-corrected chi connectivity index (χ3v) is 5.56. The first-order valence-electron chi connectivity index (χ1n) is 10.1. The SMILES string of the molecule is C=C/C(=C(OC)\C(F)=C/C)c1c[nH]c2ncc(-c3cnn(C4CCNCC4)c3)cc12. The van der Waals surface area contributed by atoms with Gasteiger partial charge in [0.05, 0.1) is 19.3 Å². The van der Waals surface area contributed by atoms with Crippen molar-refractivity contribution < 1.29 is 9.13 Å². The standard InChI is InChI=1S/C23H26FN5O/c1-4-18(22(30-3)21(24)5-2)20-13-27-23-19(20)10-15(11-26-23)16-12-28-29(14-16)17-6-8-25-9-7-17/h4-5,10-14,17,25H,1,6-9H2,2-3H3,(H,26,27)/b21-5+,22-18-. The average Bonchev–Trinajstić information content (AvgIpc) is 3.45. The number of hydrogen-bond acceptors (Lipinski definition) is 4. The van der Waals surface area contributed by atoms with Crippen LogP contribution in [0.15, 0.2) is 61.2 Å². The molecule has 3 aromatic rings. The number of ether oxygens (including phenoxy) is 1. The van der Waals surface area contributed by atoms with Crippen LogP contribution in [-0.4, -0.2) is 39.9 Å². The van der Waals surface area contributed by atoms with E-state index in [0.717, 1.165) is 53.7 Å². The smallest absolute Gasteiger partial charge is 0.162 e. The molecular formula is C23H26FN5O. The Kier molecular flexibility index (Phi) is 5.81. The Morgan fingerprint density at radius 1 is 1.30 bits per heavy atom. The summed E-state index contributed by atoms with van der Waals surface area (Å²) in [4.78, 5) is 7.71. The largest absolute Gasteiger partial charge is 0.493 e. The van der Waals surface area contributed by atoms with Gasteiger partial charge in [-0.05, 0) is 45.0 Å². The molecule has 6 nitrogen and oxygen atoms in total. The fraction of sp³-hybridized carbons (Fsp3) is 0.304. The molecule has 0 saturated carbocycles. The number of halogens is 1. The van der Waals surface area contributed by atoms with E-state index >= 15 is 0 Å². The van der Waals surface area contributed by atoms with E-state index in [2.05, 4.69) is 37.8 Å². The number of piperidine rings is 1. The highest BCUT2D eigenvalue weighted by molar-refractivity contribution is 5.96. The minimum Gasteiger partial charge on any atom is -0.493 e. The lowest BCUT2D eigenvalue weighted by Crippen LogP contribution is -2.29. The second-order valence-electron chi connectivity index (χ2n) is 7.30. The lowest BCUT2D eigenvalue weighted by atomic mass is 10.0. The number of pyridine rings is 1. The number of nitrogens with one attached hydrogen (secondary N) is 2. The Hall–Kier alpha value is -3.19. The van der Waals surface area contributed by atoms with Crippen molar-refractivity contribution in [2.75, 3.05) is 20.2 Å². The van der Waals surface area contributed by atoms with Gasteiger partial charge in [0.15, 0.2) is 11.6 Å². The van der Waals surface area contributed by atoms with E-state index in [1.807, 2.05) is 18.5 Å². The van der Waals surface area contributed by atoms with Gasteiger partial charge in [0.1, 0.15) is 5.65 Å². The molecule has 4 rings (SSSR count). The Bertz CT molecular complexity index is 1120. The molecule has 30 heavy (non-hydrogen) atoms. The number of rotatable bonds is 6. The van der Waals surface area contributed by atoms with Crippen molar-refractivity contribution in [3.63, 3.8) is 0 Å². The summed E-state index contributed by atoms with van der Waals surface area (Å²) in [5, 5.41) is 8.84. The molecule has 7 heteroatoms. The molecule has 0 spiro atoms. The predicted molar refractivity (Wildman–Crippen MR) is 117 cm³/mol. The molecule has 0 aromatic carbocycles. The van der Waals surface area contributed by atoms with Crippen molar-refractivity contribution in [3.8, 4) is 11.1 Å². The number of H-pyrrole nitrogens is 1. The van der Waals surface area contributed by atoms with Gasteiger partial charge in [0.2, 0.25) is 0 Å². The van der Waals surface area contributed by atoms with Crippen LogP contribution >= 0.6 is 0 Å². The molecule has 0 atom stereocenters. The Labute approximate surface area is 175 Å². The molecule has 0 radical (unpaired) electrons. The zero-order chi connectivity index (χ0) is 21.1. The van der Waals surface area contributed by atoms with E-state index in [0.29, 0.717) is 11.6 Å². The molecule has 0 bridgehead atoms. The van der Waals surface area contributed by atoms with Gasteiger partial charge in [-0.1, -0.05) is 12.7 Å². The minimum atomic E-state index is -0.436. The first-order valence-corrected chi connectivity index (χ1v) is 10.1. The maximum absolute atomic E-state index is 14.3. The maximum Gasteiger partial charge on any atom is 0.162 e. The molecule has 3 aromatic heterocycles. The first-order chi connectivity index (χ1) is 14.7. The van der Waals surface area contributed by atoms with Crippen molar-refractivity contribution in [1.82, 2.24) is 25.1 Å². The van der Waals surface area contributed by atoms with Gasteiger partial charge in [-0.2, -0.15) is 5.10 Å². The van der Waals surface area contributed by atoms with Crippen LogP contribution in [0.25, 0.3) is 27.7 Å². The zero-order valence-electron chi connectivity index (χ0n) is 17.3. The van der Waals surface area contributed by atoms with Gasteiger partial charge in [-0.15, -0.1) is 0 Å². The van der Waals surface area contributed by atoms with E-state index in [4.69, 9.17) is 4.74 Å². The zero-order valence-corrected chi connectivity index (χ0v) is 17.3. The molecule has 1 fully saturated rings. The van der Waals surface area contributed by atoms with Crippen molar-refractivity contribution >= 4 is 16.6 Å². The molecule has 1 saturated heterocycles. The lowest BCUT2D eigenvalue weighted by Gasteiger charge is -2.22. The topological polar surface area (TPSA) is 67.8 Å². The first kappa shape index (κ1) is 20.1. The maximum atomic E-state index is 14.3. The Morgan fingerprint density at radius 2 is 2.10 bits per heavy atom. The number of aromatic nitrogens is 4. The van der Waals surface area contributed by atoms with Crippen LogP contribution in [0.1, 0.15) is 31.4 Å². The summed E-state index contributed by atoms with van der Waals surface area (Å²) in [6.07, 6.45) is 12.7.